The Hall–Kier alpha value is -1.13. The van der Waals surface area contributed by atoms with Crippen molar-refractivity contribution in [3.8, 4) is 0 Å². The van der Waals surface area contributed by atoms with Crippen molar-refractivity contribution >= 4 is 17.5 Å². The zero-order chi connectivity index (χ0) is 13.3. The number of nitrogens with zero attached hydrogens (tertiary/aromatic N) is 1. The Kier molecular flexibility index (Phi) is 3.59. The predicted octanol–water partition coefficient (Wildman–Crippen LogP) is 2.47. The summed E-state index contributed by atoms with van der Waals surface area (Å²) in [5.41, 5.74) is -0.409. The molecule has 1 N–H and O–H groups in total. The van der Waals surface area contributed by atoms with Gasteiger partial charge in [0.2, 0.25) is 0 Å². The van der Waals surface area contributed by atoms with Crippen LogP contribution in [0.1, 0.15) is 30.1 Å². The van der Waals surface area contributed by atoms with E-state index in [0.29, 0.717) is 25.1 Å². The summed E-state index contributed by atoms with van der Waals surface area (Å²) in [6.07, 6.45) is 1.56. The summed E-state index contributed by atoms with van der Waals surface area (Å²) in [6, 6.07) is 3.89. The minimum atomic E-state index is -0.756. The van der Waals surface area contributed by atoms with Gasteiger partial charge in [-0.2, -0.15) is 0 Å². The van der Waals surface area contributed by atoms with E-state index in [9.17, 15) is 14.3 Å². The van der Waals surface area contributed by atoms with E-state index in [4.69, 9.17) is 11.6 Å². The molecule has 0 spiro atoms. The molecule has 0 atom stereocenters. The molecular weight excluding hydrogens is 257 g/mol. The average Bonchev–Trinajstić information content (AvgIpc) is 2.29. The number of aliphatic hydroxyl groups is 1. The number of rotatable bonds is 3. The Bertz CT molecular complexity index is 472. The average molecular weight is 272 g/mol. The lowest BCUT2D eigenvalue weighted by Crippen LogP contribution is -2.63. The first kappa shape index (κ1) is 13.3. The van der Waals surface area contributed by atoms with Crippen LogP contribution in [0.2, 0.25) is 5.02 Å². The molecule has 18 heavy (non-hydrogen) atoms. The maximum absolute atomic E-state index is 13.0. The second kappa shape index (κ2) is 4.86. The smallest absolute Gasteiger partial charge is 0.254 e. The van der Waals surface area contributed by atoms with Gasteiger partial charge < -0.3 is 10.0 Å². The molecule has 0 aromatic heterocycles. The minimum Gasteiger partial charge on any atom is -0.386 e. The van der Waals surface area contributed by atoms with Crippen molar-refractivity contribution in [3.05, 3.63) is 34.6 Å². The van der Waals surface area contributed by atoms with Gasteiger partial charge >= 0.3 is 0 Å². The standard InChI is InChI=1S/C13H15ClFNO2/c1-2-5-13(18)7-16(8-13)12(17)9-3-4-11(15)10(14)6-9/h3-4,6,18H,2,5,7-8H2,1H3. The fourth-order valence-corrected chi connectivity index (χ4v) is 2.42. The highest BCUT2D eigenvalue weighted by Gasteiger charge is 2.42. The van der Waals surface area contributed by atoms with E-state index in [2.05, 4.69) is 0 Å². The zero-order valence-electron chi connectivity index (χ0n) is 10.1. The third-order valence-electron chi connectivity index (χ3n) is 3.14. The molecule has 1 amide bonds. The van der Waals surface area contributed by atoms with Crippen LogP contribution >= 0.6 is 11.6 Å². The first-order valence-corrected chi connectivity index (χ1v) is 6.30. The number of carbonyl (C=O) groups excluding carboxylic acids is 1. The minimum absolute atomic E-state index is 0.0646. The van der Waals surface area contributed by atoms with E-state index < -0.39 is 11.4 Å². The fraction of sp³-hybridized carbons (Fsp3) is 0.462. The molecule has 5 heteroatoms. The number of halogens is 2. The monoisotopic (exact) mass is 271 g/mol. The summed E-state index contributed by atoms with van der Waals surface area (Å²) in [6.45, 7) is 2.64. The van der Waals surface area contributed by atoms with Gasteiger partial charge in [-0.3, -0.25) is 4.79 Å². The number of likely N-dealkylation sites (tertiary alicyclic amines) is 1. The lowest BCUT2D eigenvalue weighted by Gasteiger charge is -2.46. The van der Waals surface area contributed by atoms with Crippen molar-refractivity contribution in [2.24, 2.45) is 0 Å². The molecule has 1 heterocycles. The molecule has 3 nitrogen and oxygen atoms in total. The van der Waals surface area contributed by atoms with Gasteiger partial charge in [0.1, 0.15) is 5.82 Å². The van der Waals surface area contributed by atoms with E-state index >= 15 is 0 Å². The normalized spacial score (nSPS) is 17.4. The highest BCUT2D eigenvalue weighted by atomic mass is 35.5. The number of hydrogen-bond donors (Lipinski definition) is 1. The summed E-state index contributed by atoms with van der Waals surface area (Å²) < 4.78 is 13.0. The molecule has 1 aromatic rings. The molecule has 0 unspecified atom stereocenters. The van der Waals surface area contributed by atoms with Crippen molar-refractivity contribution in [1.82, 2.24) is 4.90 Å². The van der Waals surface area contributed by atoms with Crippen LogP contribution in [0.15, 0.2) is 18.2 Å². The van der Waals surface area contributed by atoms with E-state index in [1.807, 2.05) is 6.92 Å². The first-order chi connectivity index (χ1) is 8.45. The molecule has 2 rings (SSSR count). The molecular formula is C13H15ClFNO2. The Labute approximate surface area is 110 Å². The predicted molar refractivity (Wildman–Crippen MR) is 67.2 cm³/mol. The summed E-state index contributed by atoms with van der Waals surface area (Å²) in [5.74, 6) is -0.767. The second-order valence-electron chi connectivity index (χ2n) is 4.76. The molecule has 98 valence electrons. The fourth-order valence-electron chi connectivity index (χ4n) is 2.24. The van der Waals surface area contributed by atoms with Crippen LogP contribution in [0, 0.1) is 5.82 Å². The van der Waals surface area contributed by atoms with Gasteiger partial charge in [-0.15, -0.1) is 0 Å². The van der Waals surface area contributed by atoms with Crippen LogP contribution in [-0.2, 0) is 0 Å². The topological polar surface area (TPSA) is 40.5 Å². The number of β-amino-alcohol motifs (C(OH)–C–C–N with tert-alkyl or cyclic N) is 1. The van der Waals surface area contributed by atoms with Gasteiger partial charge in [0.25, 0.3) is 5.91 Å². The van der Waals surface area contributed by atoms with E-state index in [0.717, 1.165) is 6.42 Å². The Morgan fingerprint density at radius 1 is 1.56 bits per heavy atom. The molecule has 0 saturated carbocycles. The summed E-state index contributed by atoms with van der Waals surface area (Å²) in [7, 11) is 0. The molecule has 1 saturated heterocycles. The van der Waals surface area contributed by atoms with Crippen LogP contribution in [0.5, 0.6) is 0 Å². The van der Waals surface area contributed by atoms with Crippen molar-refractivity contribution in [3.63, 3.8) is 0 Å². The largest absolute Gasteiger partial charge is 0.386 e. The van der Waals surface area contributed by atoms with Crippen LogP contribution in [-0.4, -0.2) is 34.6 Å². The quantitative estimate of drug-likeness (QED) is 0.917. The van der Waals surface area contributed by atoms with Gasteiger partial charge in [-0.05, 0) is 24.6 Å². The van der Waals surface area contributed by atoms with Crippen LogP contribution in [0.3, 0.4) is 0 Å². The summed E-state index contributed by atoms with van der Waals surface area (Å²) in [4.78, 5) is 13.6. The Balaban J connectivity index is 2.03. The van der Waals surface area contributed by atoms with Crippen LogP contribution < -0.4 is 0 Å². The van der Waals surface area contributed by atoms with Gasteiger partial charge in [0.05, 0.1) is 23.7 Å². The SMILES string of the molecule is CCCC1(O)CN(C(=O)c2ccc(F)c(Cl)c2)C1. The highest BCUT2D eigenvalue weighted by molar-refractivity contribution is 6.31. The van der Waals surface area contributed by atoms with Crippen LogP contribution in [0.4, 0.5) is 4.39 Å². The molecule has 1 fully saturated rings. The Morgan fingerprint density at radius 2 is 2.22 bits per heavy atom. The van der Waals surface area contributed by atoms with Crippen LogP contribution in [0.25, 0.3) is 0 Å². The van der Waals surface area contributed by atoms with Crippen molar-refractivity contribution in [2.75, 3.05) is 13.1 Å². The van der Waals surface area contributed by atoms with Gasteiger partial charge in [0, 0.05) is 5.56 Å². The van der Waals surface area contributed by atoms with E-state index in [1.54, 1.807) is 4.90 Å². The molecule has 1 aromatic carbocycles. The second-order valence-corrected chi connectivity index (χ2v) is 5.17. The lowest BCUT2D eigenvalue weighted by molar-refractivity contribution is -0.0860. The van der Waals surface area contributed by atoms with Crippen molar-refractivity contribution in [1.29, 1.82) is 0 Å². The van der Waals surface area contributed by atoms with E-state index in [-0.39, 0.29) is 10.9 Å². The van der Waals surface area contributed by atoms with Gasteiger partial charge in [0.15, 0.2) is 0 Å². The highest BCUT2D eigenvalue weighted by Crippen LogP contribution is 2.28. The number of benzene rings is 1. The summed E-state index contributed by atoms with van der Waals surface area (Å²) in [5, 5.41) is 9.93. The first-order valence-electron chi connectivity index (χ1n) is 5.92. The number of carbonyl (C=O) groups is 1. The molecule has 0 aliphatic carbocycles. The Morgan fingerprint density at radius 3 is 2.78 bits per heavy atom. The van der Waals surface area contributed by atoms with Crippen molar-refractivity contribution < 1.29 is 14.3 Å². The molecule has 1 aliphatic heterocycles. The zero-order valence-corrected chi connectivity index (χ0v) is 10.9. The molecule has 1 aliphatic rings. The van der Waals surface area contributed by atoms with E-state index in [1.165, 1.54) is 18.2 Å². The third-order valence-corrected chi connectivity index (χ3v) is 3.43. The number of amides is 1. The van der Waals surface area contributed by atoms with Gasteiger partial charge in [-0.1, -0.05) is 24.9 Å². The third kappa shape index (κ3) is 2.49. The maximum atomic E-state index is 13.0. The lowest BCUT2D eigenvalue weighted by atomic mass is 9.89. The summed E-state index contributed by atoms with van der Waals surface area (Å²) >= 11 is 5.63. The van der Waals surface area contributed by atoms with Gasteiger partial charge in [-0.25, -0.2) is 4.39 Å². The molecule has 0 radical (unpaired) electrons. The van der Waals surface area contributed by atoms with Crippen molar-refractivity contribution in [2.45, 2.75) is 25.4 Å². The molecule has 0 bridgehead atoms. The maximum Gasteiger partial charge on any atom is 0.254 e. The number of hydrogen-bond acceptors (Lipinski definition) is 2.